The lowest BCUT2D eigenvalue weighted by atomic mass is 10.1. The second-order valence-corrected chi connectivity index (χ2v) is 11.5. The van der Waals surface area contributed by atoms with Gasteiger partial charge in [-0.3, -0.25) is 38.6 Å². The van der Waals surface area contributed by atoms with Crippen molar-refractivity contribution in [3.8, 4) is 0 Å². The van der Waals surface area contributed by atoms with Crippen molar-refractivity contribution in [1.29, 1.82) is 0 Å². The van der Waals surface area contributed by atoms with Crippen molar-refractivity contribution in [3.63, 3.8) is 0 Å². The number of carboxylic acids is 2. The van der Waals surface area contributed by atoms with Gasteiger partial charge < -0.3 is 70.8 Å². The van der Waals surface area contributed by atoms with Gasteiger partial charge in [0.15, 0.2) is 5.96 Å². The molecule has 5 atom stereocenters. The topological polar surface area (TPSA) is 392 Å². The summed E-state index contributed by atoms with van der Waals surface area (Å²) in [6.07, 6.45) is 1.86. The van der Waals surface area contributed by atoms with Crippen LogP contribution in [0.4, 0.5) is 0 Å². The summed E-state index contributed by atoms with van der Waals surface area (Å²) in [6, 6.07) is -6.40. The highest BCUT2D eigenvalue weighted by Gasteiger charge is 2.30. The van der Waals surface area contributed by atoms with E-state index in [4.69, 9.17) is 33.8 Å². The fourth-order valence-corrected chi connectivity index (χ4v) is 4.28. The number of nitrogens with two attached hydrogens (primary N) is 5. The van der Waals surface area contributed by atoms with Crippen LogP contribution in [0.2, 0.25) is 0 Å². The van der Waals surface area contributed by atoms with Crippen LogP contribution in [0.3, 0.4) is 0 Å². The van der Waals surface area contributed by atoms with Gasteiger partial charge in [0.1, 0.15) is 24.2 Å². The molecule has 0 aliphatic heterocycles. The molecule has 0 fully saturated rings. The fraction of sp³-hybridized carbons (Fsp3) is 0.690. The highest BCUT2D eigenvalue weighted by atomic mass is 16.4. The Morgan fingerprint density at radius 2 is 1.16 bits per heavy atom. The number of carbonyl (C=O) groups is 8. The third-order valence-electron chi connectivity index (χ3n) is 7.10. The monoisotopic (exact) mass is 730 g/mol. The average molecular weight is 731 g/mol. The molecule has 22 heteroatoms. The minimum Gasteiger partial charge on any atom is -0.481 e. The molecular weight excluding hydrogens is 676 g/mol. The first-order valence-electron chi connectivity index (χ1n) is 16.4. The Morgan fingerprint density at radius 3 is 1.73 bits per heavy atom. The minimum atomic E-state index is -1.76. The maximum absolute atomic E-state index is 13.2. The van der Waals surface area contributed by atoms with Crippen LogP contribution >= 0.6 is 0 Å². The second kappa shape index (κ2) is 25.8. The molecule has 0 rings (SSSR count). The van der Waals surface area contributed by atoms with Gasteiger partial charge in [0.25, 0.3) is 0 Å². The third-order valence-corrected chi connectivity index (χ3v) is 7.10. The molecule has 0 spiro atoms. The molecule has 0 saturated carbocycles. The van der Waals surface area contributed by atoms with E-state index < -0.39 is 97.1 Å². The third kappa shape index (κ3) is 21.6. The van der Waals surface area contributed by atoms with Crippen LogP contribution in [-0.2, 0) is 38.4 Å². The zero-order valence-electron chi connectivity index (χ0n) is 28.8. The summed E-state index contributed by atoms with van der Waals surface area (Å²) in [5.74, 6) is -7.89. The van der Waals surface area contributed by atoms with Crippen molar-refractivity contribution >= 4 is 53.3 Å². The van der Waals surface area contributed by atoms with E-state index in [2.05, 4.69) is 36.9 Å². The van der Waals surface area contributed by atoms with Crippen LogP contribution in [0.15, 0.2) is 4.99 Å². The van der Waals surface area contributed by atoms with Gasteiger partial charge in [0.2, 0.25) is 35.4 Å². The van der Waals surface area contributed by atoms with Gasteiger partial charge in [-0.2, -0.15) is 0 Å². The van der Waals surface area contributed by atoms with E-state index in [-0.39, 0.29) is 38.3 Å². The van der Waals surface area contributed by atoms with Crippen LogP contribution in [-0.4, -0.2) is 126 Å². The predicted octanol–water partition coefficient (Wildman–Crippen LogP) is -5.62. The van der Waals surface area contributed by atoms with Crippen LogP contribution < -0.4 is 60.6 Å². The molecule has 0 aliphatic rings. The Kier molecular flexibility index (Phi) is 23.2. The fourth-order valence-electron chi connectivity index (χ4n) is 4.28. The number of nitrogens with one attached hydrogen (secondary N) is 6. The standard InChI is InChI=1S/C29H54N12O10/c1-16(24(46)40-19(8-3-5-11-31)27(49)41-20(28(50)51)13-23(44)45)38-26(48)18(9-6-12-35-29(33)34)39-22(43)15-36-21(42)14-37-25(47)17(32)7-2-4-10-30/h16-20H,2-15,30-32H2,1H3,(H,36,42)(H,37,47)(H,38,48)(H,39,43)(H,40,46)(H,41,49)(H,44,45)(H,50,51)(H4,33,34,35)/t16-,17-,18-,19-,20-/m0/s1. The van der Waals surface area contributed by atoms with Gasteiger partial charge in [-0.25, -0.2) is 4.79 Å². The average Bonchev–Trinajstić information content (AvgIpc) is 3.06. The molecule has 0 radical (unpaired) electrons. The Bertz CT molecular complexity index is 1210. The van der Waals surface area contributed by atoms with Crippen molar-refractivity contribution in [2.45, 2.75) is 94.9 Å². The first kappa shape index (κ1) is 45.9. The molecule has 0 aromatic carbocycles. The number of rotatable bonds is 27. The lowest BCUT2D eigenvalue weighted by Gasteiger charge is -2.24. The predicted molar refractivity (Wildman–Crippen MR) is 183 cm³/mol. The molecule has 0 aliphatic carbocycles. The van der Waals surface area contributed by atoms with Crippen molar-refractivity contribution in [2.75, 3.05) is 32.7 Å². The highest BCUT2D eigenvalue weighted by Crippen LogP contribution is 2.05. The molecule has 51 heavy (non-hydrogen) atoms. The van der Waals surface area contributed by atoms with E-state index in [0.717, 1.165) is 0 Å². The minimum absolute atomic E-state index is 0.000977. The number of nitrogens with zero attached hydrogens (tertiary/aromatic N) is 1. The summed E-state index contributed by atoms with van der Waals surface area (Å²) >= 11 is 0. The molecule has 0 aromatic heterocycles. The Morgan fingerprint density at radius 1 is 0.627 bits per heavy atom. The van der Waals surface area contributed by atoms with Gasteiger partial charge in [-0.15, -0.1) is 0 Å². The molecule has 6 amide bonds. The van der Waals surface area contributed by atoms with Crippen molar-refractivity contribution in [1.82, 2.24) is 31.9 Å². The summed E-state index contributed by atoms with van der Waals surface area (Å²) in [5, 5.41) is 32.3. The zero-order chi connectivity index (χ0) is 38.9. The van der Waals surface area contributed by atoms with E-state index in [9.17, 15) is 43.5 Å². The Hall–Kier alpha value is -5.09. The molecule has 290 valence electrons. The van der Waals surface area contributed by atoms with Crippen LogP contribution in [0.5, 0.6) is 0 Å². The summed E-state index contributed by atoms with van der Waals surface area (Å²) in [6.45, 7) is 1.11. The molecule has 0 bridgehead atoms. The largest absolute Gasteiger partial charge is 0.481 e. The van der Waals surface area contributed by atoms with Gasteiger partial charge >= 0.3 is 11.9 Å². The highest BCUT2D eigenvalue weighted by molar-refractivity contribution is 5.96. The molecule has 0 unspecified atom stereocenters. The number of carbonyl (C=O) groups excluding carboxylic acids is 6. The van der Waals surface area contributed by atoms with Crippen LogP contribution in [0.1, 0.15) is 64.7 Å². The van der Waals surface area contributed by atoms with Crippen molar-refractivity contribution in [2.24, 2.45) is 33.7 Å². The Labute approximate surface area is 295 Å². The van der Waals surface area contributed by atoms with Gasteiger partial charge in [-0.05, 0) is 65.0 Å². The molecule has 0 saturated heterocycles. The number of amides is 6. The first-order valence-corrected chi connectivity index (χ1v) is 16.4. The van der Waals surface area contributed by atoms with E-state index in [1.807, 2.05) is 0 Å². The maximum Gasteiger partial charge on any atom is 0.326 e. The van der Waals surface area contributed by atoms with Crippen LogP contribution in [0, 0.1) is 0 Å². The van der Waals surface area contributed by atoms with E-state index in [1.165, 1.54) is 6.92 Å². The Balaban J connectivity index is 5.44. The van der Waals surface area contributed by atoms with E-state index in [0.29, 0.717) is 38.6 Å². The van der Waals surface area contributed by atoms with Crippen molar-refractivity contribution < 1.29 is 48.6 Å². The summed E-state index contributed by atoms with van der Waals surface area (Å²) in [4.78, 5) is 102. The number of hydrogen-bond donors (Lipinski definition) is 13. The normalized spacial score (nSPS) is 13.6. The SMILES string of the molecule is C[C@H](NC(=O)[C@H](CCCN=C(N)N)NC(=O)CNC(=O)CNC(=O)[C@@H](N)CCCCN)C(=O)N[C@@H](CCCCN)C(=O)N[C@@H](CC(=O)O)C(=O)O. The second-order valence-electron chi connectivity index (χ2n) is 11.5. The number of unbranched alkanes of at least 4 members (excludes halogenated alkanes) is 2. The maximum atomic E-state index is 13.2. The van der Waals surface area contributed by atoms with Gasteiger partial charge in [0, 0.05) is 6.54 Å². The molecule has 22 nitrogen and oxygen atoms in total. The quantitative estimate of drug-likeness (QED) is 0.0213. The lowest BCUT2D eigenvalue weighted by Crippen LogP contribution is -2.57. The van der Waals surface area contributed by atoms with E-state index >= 15 is 0 Å². The summed E-state index contributed by atoms with van der Waals surface area (Å²) in [5.41, 5.74) is 27.4. The number of hydrogen-bond acceptors (Lipinski definition) is 12. The molecule has 18 N–H and O–H groups in total. The van der Waals surface area contributed by atoms with Crippen molar-refractivity contribution in [3.05, 3.63) is 0 Å². The number of aliphatic carboxylic acids is 2. The molecule has 0 heterocycles. The molecular formula is C29H54N12O10. The molecule has 0 aromatic rings. The zero-order valence-corrected chi connectivity index (χ0v) is 28.8. The first-order chi connectivity index (χ1) is 24.0. The van der Waals surface area contributed by atoms with Gasteiger partial charge in [-0.1, -0.05) is 6.42 Å². The van der Waals surface area contributed by atoms with Crippen LogP contribution in [0.25, 0.3) is 0 Å². The number of carboxylic acid groups (broad SMARTS) is 2. The summed E-state index contributed by atoms with van der Waals surface area (Å²) < 4.78 is 0. The lowest BCUT2D eigenvalue weighted by molar-refractivity contribution is -0.147. The number of guanidine groups is 1. The number of aliphatic imine (C=N–C) groups is 1. The summed E-state index contributed by atoms with van der Waals surface area (Å²) in [7, 11) is 0. The van der Waals surface area contributed by atoms with E-state index in [1.54, 1.807) is 0 Å². The smallest absolute Gasteiger partial charge is 0.326 e. The van der Waals surface area contributed by atoms with Gasteiger partial charge in [0.05, 0.1) is 25.6 Å².